The van der Waals surface area contributed by atoms with E-state index in [0.717, 1.165) is 4.90 Å². The summed E-state index contributed by atoms with van der Waals surface area (Å²) in [5.41, 5.74) is 9.53. The molecule has 6 nitrogen and oxygen atoms in total. The summed E-state index contributed by atoms with van der Waals surface area (Å²) >= 11 is 0. The minimum absolute atomic E-state index is 0.113. The van der Waals surface area contributed by atoms with Crippen LogP contribution < -0.4 is 4.90 Å². The van der Waals surface area contributed by atoms with Crippen LogP contribution in [-0.2, 0) is 14.6 Å². The van der Waals surface area contributed by atoms with Crippen LogP contribution in [-0.4, -0.2) is 31.2 Å². The summed E-state index contributed by atoms with van der Waals surface area (Å²) in [6.07, 6.45) is 0. The number of carbonyl (C=O) groups excluding carboxylic acids is 1. The molecular weight excluding hydrogens is 302 g/mol. The summed E-state index contributed by atoms with van der Waals surface area (Å²) in [4.78, 5) is 16.1. The summed E-state index contributed by atoms with van der Waals surface area (Å²) in [5, 5.41) is -0.926. The van der Waals surface area contributed by atoms with E-state index in [-0.39, 0.29) is 4.90 Å². The summed E-state index contributed by atoms with van der Waals surface area (Å²) < 4.78 is 24.8. The normalized spacial score (nSPS) is 10.6. The van der Waals surface area contributed by atoms with Crippen LogP contribution in [0.15, 0.2) is 65.6 Å². The van der Waals surface area contributed by atoms with E-state index in [4.69, 9.17) is 5.53 Å². The van der Waals surface area contributed by atoms with Crippen molar-refractivity contribution in [1.29, 1.82) is 0 Å². The number of nitrogens with zero attached hydrogens (tertiary/aromatic N) is 3. The molecule has 0 saturated carbocycles. The molecule has 2 aromatic rings. The minimum Gasteiger partial charge on any atom is -0.360 e. The zero-order valence-corrected chi connectivity index (χ0v) is 12.6. The van der Waals surface area contributed by atoms with Gasteiger partial charge in [-0.3, -0.25) is 4.79 Å². The second kappa shape index (κ2) is 6.34. The third-order valence-electron chi connectivity index (χ3n) is 3.03. The second-order valence-corrected chi connectivity index (χ2v) is 6.29. The number of amides is 1. The third kappa shape index (κ3) is 2.95. The maximum atomic E-state index is 12.4. The molecule has 2 aromatic carbocycles. The van der Waals surface area contributed by atoms with E-state index in [1.54, 1.807) is 36.4 Å². The smallest absolute Gasteiger partial charge is 0.360 e. The molecule has 0 aliphatic rings. The number of hydrogen-bond donors (Lipinski definition) is 0. The van der Waals surface area contributed by atoms with E-state index in [1.165, 1.54) is 31.3 Å². The fraction of sp³-hybridized carbons (Fsp3) is 0.0667. The number of benzene rings is 2. The van der Waals surface area contributed by atoms with E-state index >= 15 is 0 Å². The first-order chi connectivity index (χ1) is 10.5. The van der Waals surface area contributed by atoms with Crippen molar-refractivity contribution >= 4 is 26.5 Å². The lowest BCUT2D eigenvalue weighted by atomic mass is 10.3. The Kier molecular flexibility index (Phi) is 4.50. The molecule has 0 spiro atoms. The molecule has 0 fully saturated rings. The van der Waals surface area contributed by atoms with Crippen LogP contribution in [0.5, 0.6) is 0 Å². The number of para-hydroxylation sites is 1. The first-order valence-corrected chi connectivity index (χ1v) is 7.82. The van der Waals surface area contributed by atoms with Crippen LogP contribution in [0.1, 0.15) is 0 Å². The number of hydrogen-bond acceptors (Lipinski definition) is 3. The van der Waals surface area contributed by atoms with Gasteiger partial charge in [0.25, 0.3) is 9.84 Å². The average molecular weight is 315 g/mol. The lowest BCUT2D eigenvalue weighted by Crippen LogP contribution is -2.38. The maximum Gasteiger partial charge on any atom is 0.473 e. The number of carbonyl (C=O) groups is 1. The van der Waals surface area contributed by atoms with Crippen LogP contribution in [0, 0.1) is 0 Å². The Labute approximate surface area is 128 Å². The van der Waals surface area contributed by atoms with E-state index in [1.807, 2.05) is 0 Å². The molecule has 0 N–H and O–H groups in total. The number of rotatable bonds is 2. The fourth-order valence-electron chi connectivity index (χ4n) is 1.84. The summed E-state index contributed by atoms with van der Waals surface area (Å²) in [6.45, 7) is 0. The highest BCUT2D eigenvalue weighted by molar-refractivity contribution is 8.08. The van der Waals surface area contributed by atoms with Crippen LogP contribution in [0.25, 0.3) is 5.53 Å². The Morgan fingerprint density at radius 3 is 2.00 bits per heavy atom. The van der Waals surface area contributed by atoms with Gasteiger partial charge in [0.05, 0.1) is 4.90 Å². The van der Waals surface area contributed by atoms with Crippen LogP contribution in [0.4, 0.5) is 5.69 Å². The van der Waals surface area contributed by atoms with Gasteiger partial charge in [0.1, 0.15) is 0 Å². The van der Waals surface area contributed by atoms with Crippen molar-refractivity contribution in [2.45, 2.75) is 4.90 Å². The average Bonchev–Trinajstić information content (AvgIpc) is 2.56. The summed E-state index contributed by atoms with van der Waals surface area (Å²) in [5.74, 6) is -0.919. The van der Waals surface area contributed by atoms with Gasteiger partial charge in [-0.25, -0.2) is 8.42 Å². The van der Waals surface area contributed by atoms with Gasteiger partial charge in [-0.05, 0) is 24.3 Å². The first kappa shape index (κ1) is 15.6. The molecular formula is C15H13N3O3S. The van der Waals surface area contributed by atoms with Gasteiger partial charge >= 0.3 is 11.0 Å². The standard InChI is InChI=1S/C15H13N3O3S/c1-18(12-8-4-2-5-9-12)15(19)14(17-16)22(20,21)13-10-6-3-7-11-13/h2-11H,1H3. The van der Waals surface area contributed by atoms with E-state index in [0.29, 0.717) is 5.69 Å². The van der Waals surface area contributed by atoms with Crippen LogP contribution >= 0.6 is 0 Å². The van der Waals surface area contributed by atoms with Crippen molar-refractivity contribution in [2.24, 2.45) is 0 Å². The molecule has 2 rings (SSSR count). The SMILES string of the molecule is CN(C(=O)C(=[N+]=[N-])S(=O)(=O)c1ccccc1)c1ccccc1. The minimum atomic E-state index is -4.19. The molecule has 0 unspecified atom stereocenters. The zero-order valence-electron chi connectivity index (χ0n) is 11.7. The molecule has 7 heteroatoms. The van der Waals surface area contributed by atoms with Gasteiger partial charge in [-0.2, -0.15) is 0 Å². The molecule has 0 aliphatic heterocycles. The van der Waals surface area contributed by atoms with Crippen LogP contribution in [0.3, 0.4) is 0 Å². The van der Waals surface area contributed by atoms with Crippen molar-refractivity contribution in [3.63, 3.8) is 0 Å². The van der Waals surface area contributed by atoms with Gasteiger partial charge in [0.15, 0.2) is 0 Å². The Morgan fingerprint density at radius 2 is 1.50 bits per heavy atom. The van der Waals surface area contributed by atoms with Crippen LogP contribution in [0.2, 0.25) is 0 Å². The molecule has 1 amide bonds. The van der Waals surface area contributed by atoms with Gasteiger partial charge < -0.3 is 10.4 Å². The largest absolute Gasteiger partial charge is 0.473 e. The monoisotopic (exact) mass is 315 g/mol. The predicted octanol–water partition coefficient (Wildman–Crippen LogP) is 1.75. The molecule has 0 aliphatic carbocycles. The summed E-state index contributed by atoms with van der Waals surface area (Å²) in [6, 6.07) is 15.8. The van der Waals surface area contributed by atoms with E-state index < -0.39 is 20.8 Å². The van der Waals surface area contributed by atoms with Gasteiger partial charge in [0, 0.05) is 12.7 Å². The highest BCUT2D eigenvalue weighted by Gasteiger charge is 2.39. The second-order valence-electron chi connectivity index (χ2n) is 4.42. The van der Waals surface area contributed by atoms with Gasteiger partial charge in [-0.1, -0.05) is 36.4 Å². The highest BCUT2D eigenvalue weighted by Crippen LogP contribution is 2.16. The Balaban J connectivity index is 2.41. The van der Waals surface area contributed by atoms with Crippen molar-refractivity contribution < 1.29 is 18.0 Å². The summed E-state index contributed by atoms with van der Waals surface area (Å²) in [7, 11) is -2.79. The molecule has 0 heterocycles. The van der Waals surface area contributed by atoms with E-state index in [2.05, 4.69) is 4.79 Å². The number of sulfone groups is 1. The van der Waals surface area contributed by atoms with Crippen molar-refractivity contribution in [3.05, 3.63) is 66.2 Å². The molecule has 0 saturated heterocycles. The third-order valence-corrected chi connectivity index (χ3v) is 4.69. The molecule has 22 heavy (non-hydrogen) atoms. The van der Waals surface area contributed by atoms with Crippen molar-refractivity contribution in [2.75, 3.05) is 11.9 Å². The first-order valence-electron chi connectivity index (χ1n) is 6.34. The van der Waals surface area contributed by atoms with Crippen molar-refractivity contribution in [3.8, 4) is 0 Å². The van der Waals surface area contributed by atoms with Crippen molar-refractivity contribution in [1.82, 2.24) is 0 Å². The Morgan fingerprint density at radius 1 is 1.00 bits per heavy atom. The Bertz CT molecular complexity index is 827. The topological polar surface area (TPSA) is 90.8 Å². The molecule has 0 atom stereocenters. The fourth-order valence-corrected chi connectivity index (χ4v) is 3.05. The van der Waals surface area contributed by atoms with E-state index in [9.17, 15) is 13.2 Å². The predicted molar refractivity (Wildman–Crippen MR) is 82.1 cm³/mol. The highest BCUT2D eigenvalue weighted by atomic mass is 32.2. The zero-order chi connectivity index (χ0) is 16.2. The van der Waals surface area contributed by atoms with Gasteiger partial charge in [0.2, 0.25) is 0 Å². The lowest BCUT2D eigenvalue weighted by Gasteiger charge is -2.14. The number of anilines is 1. The molecule has 112 valence electrons. The van der Waals surface area contributed by atoms with Gasteiger partial charge in [-0.15, -0.1) is 4.79 Å². The maximum absolute atomic E-state index is 12.4. The molecule has 0 radical (unpaired) electrons. The lowest BCUT2D eigenvalue weighted by molar-refractivity contribution is -0.115. The quantitative estimate of drug-likeness (QED) is 0.366. The Hall–Kier alpha value is -2.76. The molecule has 0 bridgehead atoms. The molecule has 0 aromatic heterocycles.